The summed E-state index contributed by atoms with van der Waals surface area (Å²) in [5.74, 6) is -0.309. The zero-order valence-corrected chi connectivity index (χ0v) is 25.5. The summed E-state index contributed by atoms with van der Waals surface area (Å²) < 4.78 is 32.2. The average Bonchev–Trinajstić information content (AvgIpc) is 3.83. The lowest BCUT2D eigenvalue weighted by molar-refractivity contribution is -0.131. The Hall–Kier alpha value is -4.71. The summed E-state index contributed by atoms with van der Waals surface area (Å²) in [6.07, 6.45) is 2.35. The molecule has 228 valence electrons. The number of benzene rings is 3. The number of aryl methyl sites for hydroxylation is 2. The lowest BCUT2D eigenvalue weighted by atomic mass is 9.93. The van der Waals surface area contributed by atoms with Crippen LogP contribution in [-0.4, -0.2) is 54.2 Å². The van der Waals surface area contributed by atoms with Crippen LogP contribution < -0.4 is 16.2 Å². The van der Waals surface area contributed by atoms with Gasteiger partial charge in [-0.3, -0.25) is 14.9 Å². The Balaban J connectivity index is 1.44. The number of nitrogens with zero attached hydrogens (tertiary/aromatic N) is 2. The molecule has 0 radical (unpaired) electrons. The fraction of sp³-hybridized carbons (Fsp3) is 0.312. The molecule has 7 rings (SSSR count). The van der Waals surface area contributed by atoms with Crippen molar-refractivity contribution in [2.24, 2.45) is 0 Å². The first kappa shape index (κ1) is 29.4. The Kier molecular flexibility index (Phi) is 7.62. The molecule has 1 aliphatic carbocycles. The van der Waals surface area contributed by atoms with Gasteiger partial charge in [0, 0.05) is 31.4 Å². The number of aromatic nitrogens is 2. The summed E-state index contributed by atoms with van der Waals surface area (Å²) in [7, 11) is -1.99. The Morgan fingerprint density at radius 3 is 2.48 bits per heavy atom. The van der Waals surface area contributed by atoms with Crippen LogP contribution in [0, 0.1) is 13.8 Å². The van der Waals surface area contributed by atoms with Crippen LogP contribution in [0.3, 0.4) is 0 Å². The maximum atomic E-state index is 14.3. The summed E-state index contributed by atoms with van der Waals surface area (Å²) in [4.78, 5) is 47.8. The Bertz CT molecular complexity index is 1940. The van der Waals surface area contributed by atoms with Gasteiger partial charge in [-0.25, -0.2) is 18.2 Å². The van der Waals surface area contributed by atoms with E-state index >= 15 is 0 Å². The number of anilines is 2. The second-order valence-corrected chi connectivity index (χ2v) is 13.6. The highest BCUT2D eigenvalue weighted by atomic mass is 32.2. The highest BCUT2D eigenvalue weighted by molar-refractivity contribution is 7.92. The number of sulfone groups is 1. The van der Waals surface area contributed by atoms with E-state index in [4.69, 9.17) is 4.74 Å². The normalized spacial score (nSPS) is 17.8. The number of ether oxygens (including phenoxy) is 1. The molecule has 2 amide bonds. The van der Waals surface area contributed by atoms with Crippen LogP contribution >= 0.6 is 0 Å². The van der Waals surface area contributed by atoms with Gasteiger partial charge < -0.3 is 19.9 Å². The van der Waals surface area contributed by atoms with Crippen LogP contribution in [0.5, 0.6) is 0 Å². The molecular formula is C32H33N5O6S. The summed E-state index contributed by atoms with van der Waals surface area (Å²) in [5, 5.41) is 5.95. The summed E-state index contributed by atoms with van der Waals surface area (Å²) in [6.45, 7) is 4.00. The fourth-order valence-electron chi connectivity index (χ4n) is 5.77. The lowest BCUT2D eigenvalue weighted by Gasteiger charge is -2.28. The summed E-state index contributed by atoms with van der Waals surface area (Å²) in [5.41, 5.74) is 5.10. The number of hydrogen-bond acceptors (Lipinski definition) is 8. The third kappa shape index (κ3) is 5.77. The minimum Gasteiger partial charge on any atom is -0.449 e. The van der Waals surface area contributed by atoms with E-state index in [-0.39, 0.29) is 29.5 Å². The molecule has 1 saturated carbocycles. The van der Waals surface area contributed by atoms with Gasteiger partial charge in [0.2, 0.25) is 5.91 Å². The number of likely N-dealkylation sites (N-methyl/N-ethyl adjacent to an activating group) is 1. The van der Waals surface area contributed by atoms with Gasteiger partial charge in [-0.2, -0.15) is 0 Å². The molecule has 0 spiro atoms. The molecule has 3 aliphatic rings. The monoisotopic (exact) mass is 615 g/mol. The molecule has 4 bridgehead atoms. The Morgan fingerprint density at radius 2 is 1.75 bits per heavy atom. The number of nitrogens with one attached hydrogen (secondary N) is 3. The Labute approximate surface area is 254 Å². The number of carbonyl (C=O) groups excluding carboxylic acids is 2. The molecule has 0 unspecified atom stereocenters. The van der Waals surface area contributed by atoms with E-state index in [2.05, 4.69) is 20.6 Å². The highest BCUT2D eigenvalue weighted by Gasteiger charge is 2.38. The number of rotatable bonds is 4. The van der Waals surface area contributed by atoms with Crippen LogP contribution in [0.2, 0.25) is 0 Å². The van der Waals surface area contributed by atoms with E-state index in [0.717, 1.165) is 16.7 Å². The molecule has 12 heteroatoms. The maximum absolute atomic E-state index is 14.3. The quantitative estimate of drug-likeness (QED) is 0.306. The average molecular weight is 616 g/mol. The molecular weight excluding hydrogens is 582 g/mol. The zero-order valence-electron chi connectivity index (χ0n) is 24.6. The molecule has 3 aromatic carbocycles. The first-order valence-corrected chi connectivity index (χ1v) is 16.0. The van der Waals surface area contributed by atoms with Gasteiger partial charge in [0.05, 0.1) is 34.0 Å². The summed E-state index contributed by atoms with van der Waals surface area (Å²) >= 11 is 0. The van der Waals surface area contributed by atoms with Crippen LogP contribution in [-0.2, 0) is 32.3 Å². The van der Waals surface area contributed by atoms with Crippen molar-refractivity contribution in [3.63, 3.8) is 0 Å². The van der Waals surface area contributed by atoms with Gasteiger partial charge in [-0.15, -0.1) is 0 Å². The molecule has 1 atom stereocenters. The first-order valence-electron chi connectivity index (χ1n) is 14.4. The molecule has 3 N–H and O–H groups in total. The molecule has 3 heterocycles. The van der Waals surface area contributed by atoms with Crippen molar-refractivity contribution in [2.45, 2.75) is 55.8 Å². The van der Waals surface area contributed by atoms with Crippen LogP contribution in [0.15, 0.2) is 64.5 Å². The molecule has 2 aliphatic heterocycles. The van der Waals surface area contributed by atoms with Crippen molar-refractivity contribution in [1.29, 1.82) is 0 Å². The van der Waals surface area contributed by atoms with Crippen molar-refractivity contribution in [3.05, 3.63) is 93.0 Å². The zero-order chi connectivity index (χ0) is 31.2. The predicted molar refractivity (Wildman–Crippen MR) is 166 cm³/mol. The molecule has 1 aromatic heterocycles. The number of carbonyl (C=O) groups is 2. The van der Waals surface area contributed by atoms with Crippen LogP contribution in [0.25, 0.3) is 10.9 Å². The first-order chi connectivity index (χ1) is 21.0. The number of fused-ring (bicyclic) bond motifs is 10. The van der Waals surface area contributed by atoms with Crippen LogP contribution in [0.1, 0.15) is 46.7 Å². The van der Waals surface area contributed by atoms with Crippen molar-refractivity contribution in [1.82, 2.24) is 14.9 Å². The van der Waals surface area contributed by atoms with Gasteiger partial charge in [-0.05, 0) is 90.9 Å². The van der Waals surface area contributed by atoms with Crippen molar-refractivity contribution < 1.29 is 22.7 Å². The van der Waals surface area contributed by atoms with Gasteiger partial charge in [0.1, 0.15) is 6.04 Å². The smallest absolute Gasteiger partial charge is 0.411 e. The van der Waals surface area contributed by atoms with E-state index in [1.54, 1.807) is 31.3 Å². The van der Waals surface area contributed by atoms with Gasteiger partial charge in [0.25, 0.3) is 5.56 Å². The second kappa shape index (κ2) is 11.4. The maximum Gasteiger partial charge on any atom is 0.411 e. The van der Waals surface area contributed by atoms with Gasteiger partial charge in [0.15, 0.2) is 9.84 Å². The number of aromatic amines is 1. The lowest BCUT2D eigenvalue weighted by Crippen LogP contribution is -2.35. The number of hydrogen-bond donors (Lipinski definition) is 3. The molecule has 11 nitrogen and oxygen atoms in total. The minimum atomic E-state index is -3.61. The third-order valence-electron chi connectivity index (χ3n) is 8.20. The number of amides is 2. The SMILES string of the molecule is Cc1cc2cc(C)c1CCOC(=O)Nc1ccc(S(=O)(=O)C3CC3)c(c1)CN(C)C(=O)[C@@H]2Nc1ccc2nc[nH]c(=O)c2c1. The molecule has 1 fully saturated rings. The molecule has 0 saturated heterocycles. The fourth-order valence-corrected chi connectivity index (χ4v) is 7.63. The standard InChI is InChI=1S/C32H33N5O6S/c1-18-12-20-13-19(2)25(18)10-11-43-32(40)36-22-5-9-28(44(41,42)24-6-7-24)21(14-22)16-37(3)31(39)29(20)35-23-4-8-27-26(15-23)30(38)34-17-33-27/h4-5,8-9,12-15,17,24,29,35H,6-7,10-11,16H2,1-3H3,(H,36,40)(H,33,34,38)/t29-/m1/s1. The van der Waals surface area contributed by atoms with Crippen molar-refractivity contribution in [3.8, 4) is 0 Å². The minimum absolute atomic E-state index is 0.0276. The largest absolute Gasteiger partial charge is 0.449 e. The van der Waals surface area contributed by atoms with Gasteiger partial charge in [-0.1, -0.05) is 12.1 Å². The third-order valence-corrected chi connectivity index (χ3v) is 10.6. The molecule has 44 heavy (non-hydrogen) atoms. The number of H-pyrrole nitrogens is 1. The van der Waals surface area contributed by atoms with Crippen molar-refractivity contribution >= 4 is 44.1 Å². The molecule has 4 aromatic rings. The van der Waals surface area contributed by atoms with E-state index < -0.39 is 27.2 Å². The van der Waals surface area contributed by atoms with E-state index in [1.807, 2.05) is 26.0 Å². The van der Waals surface area contributed by atoms with Gasteiger partial charge >= 0.3 is 6.09 Å². The van der Waals surface area contributed by atoms with E-state index in [1.165, 1.54) is 23.4 Å². The van der Waals surface area contributed by atoms with Crippen molar-refractivity contribution in [2.75, 3.05) is 24.3 Å². The van der Waals surface area contributed by atoms with Crippen LogP contribution in [0.4, 0.5) is 16.2 Å². The predicted octanol–water partition coefficient (Wildman–Crippen LogP) is 4.39. The Morgan fingerprint density at radius 1 is 1.00 bits per heavy atom. The van der Waals surface area contributed by atoms with E-state index in [0.29, 0.717) is 52.7 Å². The highest BCUT2D eigenvalue weighted by Crippen LogP contribution is 2.36. The topological polar surface area (TPSA) is 151 Å². The van der Waals surface area contributed by atoms with E-state index in [9.17, 15) is 22.8 Å². The second-order valence-electron chi connectivity index (χ2n) is 11.4. The summed E-state index contributed by atoms with van der Waals surface area (Å²) in [6, 6.07) is 12.7.